The maximum absolute atomic E-state index is 13.7. The molecule has 2 atom stereocenters. The molecule has 0 aromatic heterocycles. The number of hydrogen-bond donors (Lipinski definition) is 2. The standard InChI is InChI=1S/C32H48N4O2.2BrH/c1-7-13-23(35(3)4)15-11-21-33-27-19-20-28(34-22-12-16-24(14-8-2)36(5)6)30-29(27)31(37)25-17-9-10-18-26(25)32(30)38;;/h9-10,17-20,23-24,33-34H,7-8,11-16,21-22H2,1-6H3;2*1H. The number of ketones is 2. The van der Waals surface area contributed by atoms with Gasteiger partial charge in [-0.1, -0.05) is 51.0 Å². The van der Waals surface area contributed by atoms with Crippen LogP contribution in [-0.4, -0.2) is 74.7 Å². The average molecular weight is 683 g/mol. The highest BCUT2D eigenvalue weighted by atomic mass is 79.9. The zero-order chi connectivity index (χ0) is 27.7. The molecule has 1 aliphatic carbocycles. The Morgan fingerprint density at radius 1 is 0.625 bits per heavy atom. The lowest BCUT2D eigenvalue weighted by Gasteiger charge is -2.26. The van der Waals surface area contributed by atoms with Crippen LogP contribution in [0.2, 0.25) is 0 Å². The van der Waals surface area contributed by atoms with Gasteiger partial charge in [-0.3, -0.25) is 9.59 Å². The molecule has 2 unspecified atom stereocenters. The first-order valence-corrected chi connectivity index (χ1v) is 14.5. The average Bonchev–Trinajstić information content (AvgIpc) is 2.90. The Kier molecular flexibility index (Phi) is 16.3. The highest BCUT2D eigenvalue weighted by molar-refractivity contribution is 8.93. The van der Waals surface area contributed by atoms with Crippen molar-refractivity contribution in [2.24, 2.45) is 0 Å². The van der Waals surface area contributed by atoms with Crippen molar-refractivity contribution in [1.82, 2.24) is 9.80 Å². The summed E-state index contributed by atoms with van der Waals surface area (Å²) >= 11 is 0. The molecule has 0 bridgehead atoms. The molecule has 0 amide bonds. The maximum atomic E-state index is 13.7. The normalized spacial score (nSPS) is 13.7. The number of halogens is 2. The van der Waals surface area contributed by atoms with E-state index in [0.717, 1.165) is 50.1 Å². The molecule has 0 heterocycles. The van der Waals surface area contributed by atoms with E-state index in [1.807, 2.05) is 24.3 Å². The molecule has 0 saturated carbocycles. The predicted octanol–water partition coefficient (Wildman–Crippen LogP) is 7.46. The third kappa shape index (κ3) is 9.13. The largest absolute Gasteiger partial charge is 0.384 e. The highest BCUT2D eigenvalue weighted by Crippen LogP contribution is 2.36. The Morgan fingerprint density at radius 2 is 1.00 bits per heavy atom. The number of hydrogen-bond acceptors (Lipinski definition) is 6. The predicted molar refractivity (Wildman–Crippen MR) is 181 cm³/mol. The van der Waals surface area contributed by atoms with Crippen LogP contribution in [-0.2, 0) is 0 Å². The number of rotatable bonds is 16. The first-order chi connectivity index (χ1) is 18.3. The monoisotopic (exact) mass is 680 g/mol. The zero-order valence-electron chi connectivity index (χ0n) is 25.2. The molecule has 6 nitrogen and oxygen atoms in total. The van der Waals surface area contributed by atoms with Crippen molar-refractivity contribution in [3.05, 3.63) is 58.7 Å². The molecule has 0 fully saturated rings. The molecule has 224 valence electrons. The fourth-order valence-corrected chi connectivity index (χ4v) is 5.63. The van der Waals surface area contributed by atoms with E-state index >= 15 is 0 Å². The number of benzene rings is 2. The fraction of sp³-hybridized carbons (Fsp3) is 0.562. The minimum absolute atomic E-state index is 0. The number of fused-ring (bicyclic) bond motifs is 2. The van der Waals surface area contributed by atoms with Crippen LogP contribution in [0.15, 0.2) is 36.4 Å². The third-order valence-electron chi connectivity index (χ3n) is 7.84. The summed E-state index contributed by atoms with van der Waals surface area (Å²) in [7, 11) is 8.56. The van der Waals surface area contributed by atoms with Gasteiger partial charge in [-0.2, -0.15) is 0 Å². The second kappa shape index (κ2) is 17.9. The quantitative estimate of drug-likeness (QED) is 0.153. The van der Waals surface area contributed by atoms with Gasteiger partial charge in [0.25, 0.3) is 0 Å². The van der Waals surface area contributed by atoms with Crippen LogP contribution in [0.3, 0.4) is 0 Å². The molecular weight excluding hydrogens is 632 g/mol. The van der Waals surface area contributed by atoms with Gasteiger partial charge in [0.05, 0.1) is 11.1 Å². The van der Waals surface area contributed by atoms with Gasteiger partial charge in [-0.05, 0) is 78.8 Å². The van der Waals surface area contributed by atoms with E-state index < -0.39 is 0 Å². The Bertz CT molecular complexity index is 1010. The summed E-state index contributed by atoms with van der Waals surface area (Å²) in [6.45, 7) is 5.98. The topological polar surface area (TPSA) is 64.7 Å². The van der Waals surface area contributed by atoms with E-state index in [2.05, 4.69) is 62.5 Å². The number of carbonyl (C=O) groups is 2. The van der Waals surface area contributed by atoms with Crippen LogP contribution in [0.1, 0.15) is 97.1 Å². The van der Waals surface area contributed by atoms with Crippen molar-refractivity contribution >= 4 is 56.9 Å². The van der Waals surface area contributed by atoms with Gasteiger partial charge in [0.1, 0.15) is 0 Å². The highest BCUT2D eigenvalue weighted by Gasteiger charge is 2.33. The van der Waals surface area contributed by atoms with Gasteiger partial charge in [-0.25, -0.2) is 0 Å². The molecular formula is C32H50Br2N4O2. The van der Waals surface area contributed by atoms with Crippen molar-refractivity contribution < 1.29 is 9.59 Å². The molecule has 3 rings (SSSR count). The Labute approximate surface area is 263 Å². The van der Waals surface area contributed by atoms with E-state index in [4.69, 9.17) is 0 Å². The van der Waals surface area contributed by atoms with Crippen molar-refractivity contribution in [2.75, 3.05) is 51.9 Å². The fourth-order valence-electron chi connectivity index (χ4n) is 5.63. The van der Waals surface area contributed by atoms with Crippen molar-refractivity contribution in [3.8, 4) is 0 Å². The summed E-state index contributed by atoms with van der Waals surface area (Å²) in [5, 5.41) is 7.00. The van der Waals surface area contributed by atoms with Crippen molar-refractivity contribution in [3.63, 3.8) is 0 Å². The van der Waals surface area contributed by atoms with Gasteiger partial charge < -0.3 is 20.4 Å². The summed E-state index contributed by atoms with van der Waals surface area (Å²) in [5.74, 6) is -0.150. The lowest BCUT2D eigenvalue weighted by atomic mass is 9.82. The van der Waals surface area contributed by atoms with Crippen LogP contribution >= 0.6 is 34.0 Å². The molecule has 2 aromatic rings. The van der Waals surface area contributed by atoms with E-state index in [1.165, 1.54) is 25.7 Å². The Hall–Kier alpha value is -1.74. The van der Waals surface area contributed by atoms with Crippen molar-refractivity contribution in [2.45, 2.75) is 77.3 Å². The first-order valence-electron chi connectivity index (χ1n) is 14.5. The van der Waals surface area contributed by atoms with Crippen LogP contribution in [0.25, 0.3) is 0 Å². The van der Waals surface area contributed by atoms with Gasteiger partial charge in [0.15, 0.2) is 11.6 Å². The smallest absolute Gasteiger partial charge is 0.196 e. The van der Waals surface area contributed by atoms with Gasteiger partial charge in [0.2, 0.25) is 0 Å². The molecule has 40 heavy (non-hydrogen) atoms. The number of anilines is 2. The zero-order valence-corrected chi connectivity index (χ0v) is 28.6. The van der Waals surface area contributed by atoms with Crippen LogP contribution in [0, 0.1) is 0 Å². The van der Waals surface area contributed by atoms with E-state index in [9.17, 15) is 9.59 Å². The number of nitrogens with zero attached hydrogens (tertiary/aromatic N) is 2. The molecule has 0 aliphatic heterocycles. The van der Waals surface area contributed by atoms with Gasteiger partial charge in [0, 0.05) is 47.7 Å². The molecule has 2 N–H and O–H groups in total. The lowest BCUT2D eigenvalue weighted by Crippen LogP contribution is -2.28. The van der Waals surface area contributed by atoms with E-state index in [1.54, 1.807) is 12.1 Å². The molecule has 0 spiro atoms. The minimum atomic E-state index is -0.0749. The number of carbonyl (C=O) groups excluding carboxylic acids is 2. The minimum Gasteiger partial charge on any atom is -0.384 e. The molecule has 8 heteroatoms. The summed E-state index contributed by atoms with van der Waals surface area (Å²) < 4.78 is 0. The van der Waals surface area contributed by atoms with Crippen LogP contribution < -0.4 is 10.6 Å². The lowest BCUT2D eigenvalue weighted by molar-refractivity contribution is 0.0980. The summed E-state index contributed by atoms with van der Waals surface area (Å²) in [6, 6.07) is 12.2. The van der Waals surface area contributed by atoms with Gasteiger partial charge >= 0.3 is 0 Å². The molecule has 0 radical (unpaired) electrons. The maximum Gasteiger partial charge on any atom is 0.196 e. The van der Waals surface area contributed by atoms with Crippen LogP contribution in [0.5, 0.6) is 0 Å². The molecule has 1 aliphatic rings. The van der Waals surface area contributed by atoms with E-state index in [-0.39, 0.29) is 45.5 Å². The number of nitrogens with one attached hydrogen (secondary N) is 2. The summed E-state index contributed by atoms with van der Waals surface area (Å²) in [4.78, 5) is 32.0. The van der Waals surface area contributed by atoms with E-state index in [0.29, 0.717) is 34.3 Å². The van der Waals surface area contributed by atoms with Gasteiger partial charge in [-0.15, -0.1) is 34.0 Å². The van der Waals surface area contributed by atoms with Crippen LogP contribution in [0.4, 0.5) is 11.4 Å². The summed E-state index contributed by atoms with van der Waals surface area (Å²) in [6.07, 6.45) is 8.89. The summed E-state index contributed by atoms with van der Waals surface area (Å²) in [5.41, 5.74) is 3.52. The third-order valence-corrected chi connectivity index (χ3v) is 7.84. The van der Waals surface area contributed by atoms with Crippen molar-refractivity contribution in [1.29, 1.82) is 0 Å². The SMILES string of the molecule is Br.Br.CCCC(CCCNc1ccc(NCCCC(CCC)N(C)C)c2c1C(=O)c1ccccc1C2=O)N(C)C. The molecule has 0 saturated heterocycles. The Morgan fingerprint density at radius 3 is 1.32 bits per heavy atom. The second-order valence-corrected chi connectivity index (χ2v) is 11.1. The molecule has 2 aromatic carbocycles. The first kappa shape index (κ1) is 36.3. The Balaban J connectivity index is 0.00000400. The second-order valence-electron chi connectivity index (χ2n) is 11.1.